The van der Waals surface area contributed by atoms with Gasteiger partial charge in [0.15, 0.2) is 5.82 Å². The molecule has 3 N–H and O–H groups in total. The molecule has 2 rings (SSSR count). The summed E-state index contributed by atoms with van der Waals surface area (Å²) >= 11 is 0. The van der Waals surface area contributed by atoms with Crippen LogP contribution in [0.1, 0.15) is 51.2 Å². The summed E-state index contributed by atoms with van der Waals surface area (Å²) in [7, 11) is 1.52. The first kappa shape index (κ1) is 25.1. The fourth-order valence-electron chi connectivity index (χ4n) is 3.12. The molecule has 1 aliphatic rings. The predicted molar refractivity (Wildman–Crippen MR) is 104 cm³/mol. The Morgan fingerprint density at radius 1 is 1.35 bits per heavy atom. The van der Waals surface area contributed by atoms with Gasteiger partial charge in [-0.3, -0.25) is 9.69 Å². The maximum absolute atomic E-state index is 12.3. The Morgan fingerprint density at radius 2 is 1.96 bits per heavy atom. The molecule has 0 radical (unpaired) electrons. The average molecular weight is 412 g/mol. The standard InChI is InChI=1S/C16H29N5O3.2ClH/c1-4-21(5-2)10-13-18-15(20-24-13)16(8-6-7-9-16)19-14(22)12(17)11-23-3;;/h12H,4-11,17H2,1-3H3,(H,19,22);2*1H. The highest BCUT2D eigenvalue weighted by Crippen LogP contribution is 2.37. The number of aromatic nitrogens is 2. The smallest absolute Gasteiger partial charge is 0.240 e. The molecule has 1 fully saturated rings. The number of carbonyl (C=O) groups is 1. The van der Waals surface area contributed by atoms with Crippen LogP contribution >= 0.6 is 24.8 Å². The minimum absolute atomic E-state index is 0. The van der Waals surface area contributed by atoms with E-state index in [1.54, 1.807) is 0 Å². The lowest BCUT2D eigenvalue weighted by atomic mass is 9.96. The summed E-state index contributed by atoms with van der Waals surface area (Å²) in [5.41, 5.74) is 5.27. The lowest BCUT2D eigenvalue weighted by molar-refractivity contribution is -0.125. The molecule has 0 saturated heterocycles. The van der Waals surface area contributed by atoms with Crippen molar-refractivity contribution in [3.05, 3.63) is 11.7 Å². The number of nitrogens with zero attached hydrogens (tertiary/aromatic N) is 3. The van der Waals surface area contributed by atoms with Crippen molar-refractivity contribution in [1.82, 2.24) is 20.4 Å². The van der Waals surface area contributed by atoms with Gasteiger partial charge in [0.05, 0.1) is 13.2 Å². The van der Waals surface area contributed by atoms with E-state index in [-0.39, 0.29) is 37.3 Å². The van der Waals surface area contributed by atoms with Gasteiger partial charge in [0.1, 0.15) is 11.6 Å². The van der Waals surface area contributed by atoms with Gasteiger partial charge >= 0.3 is 0 Å². The summed E-state index contributed by atoms with van der Waals surface area (Å²) < 4.78 is 10.4. The zero-order valence-corrected chi connectivity index (χ0v) is 17.3. The first-order valence-corrected chi connectivity index (χ1v) is 8.66. The molecule has 0 aliphatic heterocycles. The molecule has 26 heavy (non-hydrogen) atoms. The monoisotopic (exact) mass is 411 g/mol. The third-order valence-electron chi connectivity index (χ3n) is 4.65. The van der Waals surface area contributed by atoms with Gasteiger partial charge in [-0.05, 0) is 25.9 Å². The quantitative estimate of drug-likeness (QED) is 0.635. The Morgan fingerprint density at radius 3 is 2.50 bits per heavy atom. The van der Waals surface area contributed by atoms with Gasteiger partial charge in [0, 0.05) is 7.11 Å². The second-order valence-corrected chi connectivity index (χ2v) is 6.31. The molecule has 0 bridgehead atoms. The molecule has 1 saturated carbocycles. The number of hydrogen-bond acceptors (Lipinski definition) is 7. The summed E-state index contributed by atoms with van der Waals surface area (Å²) in [6.45, 7) is 6.83. The predicted octanol–water partition coefficient (Wildman–Crippen LogP) is 1.61. The van der Waals surface area contributed by atoms with E-state index in [1.165, 1.54) is 7.11 Å². The average Bonchev–Trinajstić information content (AvgIpc) is 3.23. The topological polar surface area (TPSA) is 107 Å². The Hall–Kier alpha value is -0.930. The van der Waals surface area contributed by atoms with Crippen LogP contribution in [0, 0.1) is 0 Å². The van der Waals surface area contributed by atoms with Crippen molar-refractivity contribution in [1.29, 1.82) is 0 Å². The highest BCUT2D eigenvalue weighted by molar-refractivity contribution is 5.85. The van der Waals surface area contributed by atoms with Crippen molar-refractivity contribution in [2.45, 2.75) is 57.7 Å². The molecule has 10 heteroatoms. The van der Waals surface area contributed by atoms with E-state index in [0.29, 0.717) is 18.3 Å². The van der Waals surface area contributed by atoms with Gasteiger partial charge in [-0.2, -0.15) is 4.98 Å². The first-order chi connectivity index (χ1) is 11.5. The van der Waals surface area contributed by atoms with Crippen LogP contribution in [0.4, 0.5) is 0 Å². The van der Waals surface area contributed by atoms with E-state index in [9.17, 15) is 4.79 Å². The van der Waals surface area contributed by atoms with E-state index in [2.05, 4.69) is 34.2 Å². The van der Waals surface area contributed by atoms with Crippen molar-refractivity contribution < 1.29 is 14.1 Å². The van der Waals surface area contributed by atoms with E-state index < -0.39 is 11.6 Å². The Balaban J connectivity index is 0.00000312. The number of rotatable bonds is 9. The van der Waals surface area contributed by atoms with Crippen LogP contribution in [-0.4, -0.2) is 53.8 Å². The molecule has 1 atom stereocenters. The molecule has 1 heterocycles. The fourth-order valence-corrected chi connectivity index (χ4v) is 3.12. The molecule has 8 nitrogen and oxygen atoms in total. The van der Waals surface area contributed by atoms with Crippen LogP contribution < -0.4 is 11.1 Å². The normalized spacial score (nSPS) is 16.7. The molecule has 1 unspecified atom stereocenters. The van der Waals surface area contributed by atoms with Crippen LogP contribution in [0.3, 0.4) is 0 Å². The Bertz CT molecular complexity index is 534. The van der Waals surface area contributed by atoms with E-state index in [0.717, 1.165) is 38.8 Å². The highest BCUT2D eigenvalue weighted by Gasteiger charge is 2.42. The first-order valence-electron chi connectivity index (χ1n) is 8.66. The van der Waals surface area contributed by atoms with Crippen molar-refractivity contribution in [2.24, 2.45) is 5.73 Å². The SMILES string of the molecule is CCN(CC)Cc1nc(C2(NC(=O)C(N)COC)CCCC2)no1.Cl.Cl. The lowest BCUT2D eigenvalue weighted by Gasteiger charge is -2.28. The second-order valence-electron chi connectivity index (χ2n) is 6.31. The number of hydrogen-bond donors (Lipinski definition) is 2. The van der Waals surface area contributed by atoms with E-state index in [1.807, 2.05) is 0 Å². The molecular formula is C16H31Cl2N5O3. The van der Waals surface area contributed by atoms with Gasteiger partial charge in [-0.25, -0.2) is 0 Å². The van der Waals surface area contributed by atoms with Crippen molar-refractivity contribution in [2.75, 3.05) is 26.8 Å². The molecule has 1 aromatic heterocycles. The lowest BCUT2D eigenvalue weighted by Crippen LogP contribution is -2.52. The minimum atomic E-state index is -0.700. The van der Waals surface area contributed by atoms with E-state index in [4.69, 9.17) is 15.0 Å². The summed E-state index contributed by atoms with van der Waals surface area (Å²) in [5, 5.41) is 7.20. The number of nitrogens with one attached hydrogen (secondary N) is 1. The van der Waals surface area contributed by atoms with Crippen LogP contribution in [-0.2, 0) is 21.6 Å². The summed E-state index contributed by atoms with van der Waals surface area (Å²) in [5.74, 6) is 0.893. The number of halogens is 2. The molecule has 0 spiro atoms. The molecule has 1 amide bonds. The van der Waals surface area contributed by atoms with Gasteiger partial charge in [0.25, 0.3) is 0 Å². The highest BCUT2D eigenvalue weighted by atomic mass is 35.5. The summed E-state index contributed by atoms with van der Waals surface area (Å²) in [4.78, 5) is 19.1. The van der Waals surface area contributed by atoms with Gasteiger partial charge < -0.3 is 20.3 Å². The summed E-state index contributed by atoms with van der Waals surface area (Å²) in [6.07, 6.45) is 3.62. The summed E-state index contributed by atoms with van der Waals surface area (Å²) in [6, 6.07) is -0.700. The second kappa shape index (κ2) is 11.7. The van der Waals surface area contributed by atoms with Gasteiger partial charge in [-0.15, -0.1) is 24.8 Å². The van der Waals surface area contributed by atoms with E-state index >= 15 is 0 Å². The maximum atomic E-state index is 12.3. The third-order valence-corrected chi connectivity index (χ3v) is 4.65. The number of nitrogens with two attached hydrogens (primary N) is 1. The number of amides is 1. The van der Waals surface area contributed by atoms with Gasteiger partial charge in [-0.1, -0.05) is 31.8 Å². The maximum Gasteiger partial charge on any atom is 0.240 e. The van der Waals surface area contributed by atoms with Gasteiger partial charge in [0.2, 0.25) is 11.8 Å². The largest absolute Gasteiger partial charge is 0.383 e. The minimum Gasteiger partial charge on any atom is -0.383 e. The van der Waals surface area contributed by atoms with Crippen LogP contribution in [0.5, 0.6) is 0 Å². The molecular weight excluding hydrogens is 381 g/mol. The fraction of sp³-hybridized carbons (Fsp3) is 0.812. The van der Waals surface area contributed by atoms with Crippen LogP contribution in [0.2, 0.25) is 0 Å². The molecule has 1 aromatic rings. The molecule has 1 aliphatic carbocycles. The zero-order valence-electron chi connectivity index (χ0n) is 15.7. The molecule has 0 aromatic carbocycles. The number of methoxy groups -OCH3 is 1. The van der Waals surface area contributed by atoms with Crippen LogP contribution in [0.25, 0.3) is 0 Å². The zero-order chi connectivity index (χ0) is 17.6. The molecule has 152 valence electrons. The van der Waals surface area contributed by atoms with Crippen molar-refractivity contribution in [3.8, 4) is 0 Å². The number of carbonyl (C=O) groups excluding carboxylic acids is 1. The van der Waals surface area contributed by atoms with Crippen molar-refractivity contribution >= 4 is 30.7 Å². The van der Waals surface area contributed by atoms with Crippen molar-refractivity contribution in [3.63, 3.8) is 0 Å². The Labute approximate surface area is 167 Å². The third kappa shape index (κ3) is 6.06. The Kier molecular flexibility index (Phi) is 11.3. The number of ether oxygens (including phenoxy) is 1. The van der Waals surface area contributed by atoms with Crippen LogP contribution in [0.15, 0.2) is 4.52 Å².